The first-order chi connectivity index (χ1) is 9.08. The number of ether oxygens (including phenoxy) is 1. The van der Waals surface area contributed by atoms with Gasteiger partial charge in [-0.3, -0.25) is 14.9 Å². The molecule has 1 saturated heterocycles. The van der Waals surface area contributed by atoms with Crippen molar-refractivity contribution >= 4 is 11.6 Å². The molecule has 1 fully saturated rings. The number of hydrogen-bond donors (Lipinski definition) is 0. The van der Waals surface area contributed by atoms with Gasteiger partial charge in [0.1, 0.15) is 6.10 Å². The van der Waals surface area contributed by atoms with E-state index in [-0.39, 0.29) is 17.7 Å². The Hall–Kier alpha value is -1.95. The smallest absolute Gasteiger partial charge is 0.269 e. The number of non-ortho nitro benzene ring substituents is 1. The average Bonchev–Trinajstić information content (AvgIpc) is 3.20. The molecule has 2 atom stereocenters. The molecule has 1 heterocycles. The van der Waals surface area contributed by atoms with Crippen LogP contribution in [0.5, 0.6) is 0 Å². The van der Waals surface area contributed by atoms with E-state index >= 15 is 0 Å². The van der Waals surface area contributed by atoms with Gasteiger partial charge in [-0.1, -0.05) is 12.1 Å². The van der Waals surface area contributed by atoms with E-state index in [1.54, 1.807) is 17.0 Å². The van der Waals surface area contributed by atoms with Crippen LogP contribution in [-0.2, 0) is 9.53 Å². The summed E-state index contributed by atoms with van der Waals surface area (Å²) < 4.78 is 5.37. The standard InChI is InChI=1S/C13H16N2O4/c1-3-14(4-2)13(16)12-11(19-12)9-6-5-7-10(8-9)15(17)18/h5-8,11-12H,3-4H2,1-2H3/t11-,12+/m1/s1. The van der Waals surface area contributed by atoms with Gasteiger partial charge in [0, 0.05) is 25.2 Å². The van der Waals surface area contributed by atoms with E-state index in [4.69, 9.17) is 4.74 Å². The number of likely N-dealkylation sites (N-methyl/N-ethyl adjacent to an activating group) is 1. The molecule has 0 N–H and O–H groups in total. The third-order valence-electron chi connectivity index (χ3n) is 3.22. The Balaban J connectivity index is 2.08. The lowest BCUT2D eigenvalue weighted by atomic mass is 10.1. The number of epoxide rings is 1. The summed E-state index contributed by atoms with van der Waals surface area (Å²) in [7, 11) is 0. The summed E-state index contributed by atoms with van der Waals surface area (Å²) in [6.07, 6.45) is -0.852. The second kappa shape index (κ2) is 5.36. The van der Waals surface area contributed by atoms with E-state index < -0.39 is 11.0 Å². The Morgan fingerprint density at radius 3 is 2.68 bits per heavy atom. The summed E-state index contributed by atoms with van der Waals surface area (Å²) in [5.74, 6) is -0.0542. The maximum absolute atomic E-state index is 12.0. The summed E-state index contributed by atoms with van der Waals surface area (Å²) in [6.45, 7) is 5.09. The molecule has 0 aromatic heterocycles. The van der Waals surface area contributed by atoms with Crippen molar-refractivity contribution < 1.29 is 14.5 Å². The second-order valence-electron chi connectivity index (χ2n) is 4.34. The molecule has 1 aromatic rings. The van der Waals surface area contributed by atoms with Crippen molar-refractivity contribution in [2.24, 2.45) is 0 Å². The van der Waals surface area contributed by atoms with Gasteiger partial charge in [0.2, 0.25) is 0 Å². The quantitative estimate of drug-likeness (QED) is 0.462. The van der Waals surface area contributed by atoms with Gasteiger partial charge in [-0.25, -0.2) is 0 Å². The maximum atomic E-state index is 12.0. The Morgan fingerprint density at radius 1 is 1.42 bits per heavy atom. The molecular weight excluding hydrogens is 248 g/mol. The van der Waals surface area contributed by atoms with Gasteiger partial charge >= 0.3 is 0 Å². The van der Waals surface area contributed by atoms with Crippen LogP contribution < -0.4 is 0 Å². The molecule has 0 bridgehead atoms. The van der Waals surface area contributed by atoms with Gasteiger partial charge in [-0.2, -0.15) is 0 Å². The summed E-state index contributed by atoms with van der Waals surface area (Å²) in [5.41, 5.74) is 0.696. The van der Waals surface area contributed by atoms with Crippen LogP contribution in [0, 0.1) is 10.1 Å². The van der Waals surface area contributed by atoms with E-state index in [9.17, 15) is 14.9 Å². The molecule has 0 spiro atoms. The number of hydrogen-bond acceptors (Lipinski definition) is 4. The lowest BCUT2D eigenvalue weighted by Gasteiger charge is -2.16. The summed E-state index contributed by atoms with van der Waals surface area (Å²) in [6, 6.07) is 6.23. The Labute approximate surface area is 111 Å². The largest absolute Gasteiger partial charge is 0.354 e. The molecule has 1 aliphatic rings. The molecule has 1 aliphatic heterocycles. The van der Waals surface area contributed by atoms with Crippen LogP contribution in [0.25, 0.3) is 0 Å². The van der Waals surface area contributed by atoms with Crippen LogP contribution in [0.4, 0.5) is 5.69 Å². The minimum atomic E-state index is -0.498. The number of amides is 1. The zero-order valence-electron chi connectivity index (χ0n) is 10.9. The number of nitro benzene ring substituents is 1. The Kier molecular flexibility index (Phi) is 3.80. The first-order valence-electron chi connectivity index (χ1n) is 6.27. The fourth-order valence-corrected chi connectivity index (χ4v) is 2.08. The number of carbonyl (C=O) groups is 1. The monoisotopic (exact) mass is 264 g/mol. The average molecular weight is 264 g/mol. The number of rotatable bonds is 5. The summed E-state index contributed by atoms with van der Waals surface area (Å²) in [5, 5.41) is 10.7. The summed E-state index contributed by atoms with van der Waals surface area (Å²) in [4.78, 5) is 24.0. The van der Waals surface area contributed by atoms with Crippen LogP contribution in [0.2, 0.25) is 0 Å². The van der Waals surface area contributed by atoms with Crippen molar-refractivity contribution in [2.75, 3.05) is 13.1 Å². The molecule has 0 unspecified atom stereocenters. The normalized spacial score (nSPS) is 20.9. The molecule has 0 aliphatic carbocycles. The topological polar surface area (TPSA) is 76.0 Å². The zero-order chi connectivity index (χ0) is 14.0. The van der Waals surface area contributed by atoms with Crippen LogP contribution in [-0.4, -0.2) is 34.9 Å². The highest BCUT2D eigenvalue weighted by Crippen LogP contribution is 2.40. The third-order valence-corrected chi connectivity index (χ3v) is 3.22. The lowest BCUT2D eigenvalue weighted by molar-refractivity contribution is -0.384. The van der Waals surface area contributed by atoms with Gasteiger partial charge < -0.3 is 9.64 Å². The van der Waals surface area contributed by atoms with Crippen LogP contribution in [0.1, 0.15) is 25.5 Å². The molecule has 0 saturated carbocycles. The van der Waals surface area contributed by atoms with E-state index in [0.29, 0.717) is 18.7 Å². The van der Waals surface area contributed by atoms with E-state index in [1.807, 2.05) is 13.8 Å². The fourth-order valence-electron chi connectivity index (χ4n) is 2.08. The van der Waals surface area contributed by atoms with Crippen LogP contribution in [0.3, 0.4) is 0 Å². The number of carbonyl (C=O) groups excluding carboxylic acids is 1. The SMILES string of the molecule is CCN(CC)C(=O)[C@H]1O[C@@H]1c1cccc([N+](=O)[O-])c1. The highest BCUT2D eigenvalue weighted by molar-refractivity contribution is 5.84. The number of nitrogens with zero attached hydrogens (tertiary/aromatic N) is 2. The van der Waals surface area contributed by atoms with E-state index in [1.165, 1.54) is 12.1 Å². The predicted molar refractivity (Wildman–Crippen MR) is 68.6 cm³/mol. The zero-order valence-corrected chi connectivity index (χ0v) is 10.9. The highest BCUT2D eigenvalue weighted by atomic mass is 16.6. The van der Waals surface area contributed by atoms with E-state index in [0.717, 1.165) is 0 Å². The minimum absolute atomic E-state index is 0.0158. The molecule has 1 aromatic carbocycles. The second-order valence-corrected chi connectivity index (χ2v) is 4.34. The van der Waals surface area contributed by atoms with Crippen LogP contribution in [0.15, 0.2) is 24.3 Å². The molecule has 0 radical (unpaired) electrons. The first-order valence-corrected chi connectivity index (χ1v) is 6.27. The minimum Gasteiger partial charge on any atom is -0.354 e. The molecule has 102 valence electrons. The maximum Gasteiger partial charge on any atom is 0.269 e. The van der Waals surface area contributed by atoms with Crippen LogP contribution >= 0.6 is 0 Å². The van der Waals surface area contributed by atoms with Crippen molar-refractivity contribution in [3.05, 3.63) is 39.9 Å². The van der Waals surface area contributed by atoms with Gasteiger partial charge in [-0.05, 0) is 19.4 Å². The molecular formula is C13H16N2O4. The van der Waals surface area contributed by atoms with Gasteiger partial charge in [0.05, 0.1) is 4.92 Å². The fraction of sp³-hybridized carbons (Fsp3) is 0.462. The molecule has 6 nitrogen and oxygen atoms in total. The van der Waals surface area contributed by atoms with Gasteiger partial charge in [0.15, 0.2) is 6.10 Å². The highest BCUT2D eigenvalue weighted by Gasteiger charge is 2.47. The molecule has 19 heavy (non-hydrogen) atoms. The van der Waals surface area contributed by atoms with Crippen molar-refractivity contribution in [2.45, 2.75) is 26.1 Å². The third kappa shape index (κ3) is 2.73. The van der Waals surface area contributed by atoms with Crippen molar-refractivity contribution in [3.63, 3.8) is 0 Å². The Bertz CT molecular complexity index is 499. The van der Waals surface area contributed by atoms with Gasteiger partial charge in [-0.15, -0.1) is 0 Å². The van der Waals surface area contributed by atoms with Crippen molar-refractivity contribution in [1.82, 2.24) is 4.90 Å². The molecule has 2 rings (SSSR count). The van der Waals surface area contributed by atoms with E-state index in [2.05, 4.69) is 0 Å². The lowest BCUT2D eigenvalue weighted by Crippen LogP contribution is -2.34. The summed E-state index contributed by atoms with van der Waals surface area (Å²) >= 11 is 0. The van der Waals surface area contributed by atoms with Crippen molar-refractivity contribution in [1.29, 1.82) is 0 Å². The Morgan fingerprint density at radius 2 is 2.11 bits per heavy atom. The van der Waals surface area contributed by atoms with Crippen molar-refractivity contribution in [3.8, 4) is 0 Å². The number of nitro groups is 1. The van der Waals surface area contributed by atoms with Gasteiger partial charge in [0.25, 0.3) is 11.6 Å². The number of benzene rings is 1. The molecule has 6 heteroatoms. The first kappa shape index (κ1) is 13.5. The predicted octanol–water partition coefficient (Wildman–Crippen LogP) is 1.90. The molecule has 1 amide bonds.